The van der Waals surface area contributed by atoms with Gasteiger partial charge in [0.15, 0.2) is 6.61 Å². The fourth-order valence-electron chi connectivity index (χ4n) is 3.97. The first-order valence-electron chi connectivity index (χ1n) is 11.2. The monoisotopic (exact) mass is 494 g/mol. The Morgan fingerprint density at radius 1 is 1.03 bits per heavy atom. The fraction of sp³-hybridized carbons (Fsp3) is 0.231. The van der Waals surface area contributed by atoms with Crippen molar-refractivity contribution >= 4 is 33.3 Å². The van der Waals surface area contributed by atoms with Crippen LogP contribution in [0.25, 0.3) is 0 Å². The van der Waals surface area contributed by atoms with Gasteiger partial charge in [-0.2, -0.15) is 0 Å². The SMILES string of the molecule is CCc1cccc(NC(=O)COC(=O)c2cc(S(=O)(=O)N3CCc4ccccc43)ccc2OC)c1. The number of anilines is 2. The van der Waals surface area contributed by atoms with Crippen LogP contribution in [0.3, 0.4) is 0 Å². The van der Waals surface area contributed by atoms with Gasteiger partial charge in [0.25, 0.3) is 15.9 Å². The molecule has 1 N–H and O–H groups in total. The second-order valence-electron chi connectivity index (χ2n) is 8.00. The Morgan fingerprint density at radius 2 is 1.83 bits per heavy atom. The minimum atomic E-state index is -3.92. The van der Waals surface area contributed by atoms with E-state index < -0.39 is 28.5 Å². The van der Waals surface area contributed by atoms with E-state index >= 15 is 0 Å². The molecule has 0 radical (unpaired) electrons. The van der Waals surface area contributed by atoms with Crippen molar-refractivity contribution in [2.24, 2.45) is 0 Å². The van der Waals surface area contributed by atoms with Gasteiger partial charge in [-0.1, -0.05) is 37.3 Å². The first kappa shape index (κ1) is 24.3. The van der Waals surface area contributed by atoms with Crippen molar-refractivity contribution in [1.29, 1.82) is 0 Å². The molecule has 0 bridgehead atoms. The molecular formula is C26H26N2O6S. The highest BCUT2D eigenvalue weighted by molar-refractivity contribution is 7.92. The van der Waals surface area contributed by atoms with Crippen molar-refractivity contribution in [1.82, 2.24) is 0 Å². The molecule has 35 heavy (non-hydrogen) atoms. The number of benzene rings is 3. The first-order valence-corrected chi connectivity index (χ1v) is 12.6. The highest BCUT2D eigenvalue weighted by Crippen LogP contribution is 2.34. The van der Waals surface area contributed by atoms with Gasteiger partial charge < -0.3 is 14.8 Å². The summed E-state index contributed by atoms with van der Waals surface area (Å²) >= 11 is 0. The van der Waals surface area contributed by atoms with Crippen LogP contribution in [0.2, 0.25) is 0 Å². The standard InChI is InChI=1S/C26H26N2O6S/c1-3-18-7-6-9-20(15-18)27-25(29)17-34-26(30)22-16-21(11-12-24(22)33-2)35(31,32)28-14-13-19-8-4-5-10-23(19)28/h4-12,15-16H,3,13-14,17H2,1-2H3,(H,27,29). The van der Waals surface area contributed by atoms with Crippen LogP contribution < -0.4 is 14.4 Å². The maximum Gasteiger partial charge on any atom is 0.342 e. The highest BCUT2D eigenvalue weighted by Gasteiger charge is 2.32. The lowest BCUT2D eigenvalue weighted by Gasteiger charge is -2.20. The van der Waals surface area contributed by atoms with E-state index in [0.717, 1.165) is 17.5 Å². The largest absolute Gasteiger partial charge is 0.496 e. The Balaban J connectivity index is 1.50. The molecule has 1 heterocycles. The number of hydrogen-bond donors (Lipinski definition) is 1. The molecule has 0 saturated heterocycles. The average Bonchev–Trinajstić information content (AvgIpc) is 3.32. The zero-order chi connectivity index (χ0) is 25.0. The number of hydrogen-bond acceptors (Lipinski definition) is 6. The van der Waals surface area contributed by atoms with Crippen molar-refractivity contribution < 1.29 is 27.5 Å². The molecule has 3 aromatic carbocycles. The summed E-state index contributed by atoms with van der Waals surface area (Å²) in [5, 5.41) is 2.68. The maximum atomic E-state index is 13.4. The van der Waals surface area contributed by atoms with Gasteiger partial charge in [-0.05, 0) is 60.4 Å². The van der Waals surface area contributed by atoms with Crippen molar-refractivity contribution in [3.8, 4) is 5.75 Å². The van der Waals surface area contributed by atoms with E-state index in [4.69, 9.17) is 9.47 Å². The molecule has 3 aromatic rings. The fourth-order valence-corrected chi connectivity index (χ4v) is 5.50. The Morgan fingerprint density at radius 3 is 2.60 bits per heavy atom. The number of rotatable bonds is 8. The van der Waals surface area contributed by atoms with Crippen molar-refractivity contribution in [2.75, 3.05) is 29.9 Å². The quantitative estimate of drug-likeness (QED) is 0.478. The summed E-state index contributed by atoms with van der Waals surface area (Å²) in [6, 6.07) is 18.7. The van der Waals surface area contributed by atoms with Crippen LogP contribution in [0.4, 0.5) is 11.4 Å². The van der Waals surface area contributed by atoms with Crippen LogP contribution in [-0.2, 0) is 32.4 Å². The molecule has 4 rings (SSSR count). The van der Waals surface area contributed by atoms with Crippen LogP contribution >= 0.6 is 0 Å². The second kappa shape index (κ2) is 10.2. The third-order valence-electron chi connectivity index (χ3n) is 5.78. The molecule has 0 aliphatic carbocycles. The van der Waals surface area contributed by atoms with E-state index in [1.165, 1.54) is 29.6 Å². The molecule has 182 valence electrons. The smallest absolute Gasteiger partial charge is 0.342 e. The van der Waals surface area contributed by atoms with Crippen molar-refractivity contribution in [2.45, 2.75) is 24.7 Å². The number of aryl methyl sites for hydroxylation is 1. The number of carbonyl (C=O) groups excluding carboxylic acids is 2. The molecule has 0 atom stereocenters. The van der Waals surface area contributed by atoms with E-state index in [1.54, 1.807) is 18.2 Å². The van der Waals surface area contributed by atoms with Crippen molar-refractivity contribution in [3.05, 3.63) is 83.4 Å². The Kier molecular flexibility index (Phi) is 7.07. The Hall–Kier alpha value is -3.85. The summed E-state index contributed by atoms with van der Waals surface area (Å²) in [5.74, 6) is -1.23. The molecule has 9 heteroatoms. The molecule has 0 fully saturated rings. The molecule has 1 aliphatic rings. The number of carbonyl (C=O) groups is 2. The number of nitrogens with zero attached hydrogens (tertiary/aromatic N) is 1. The molecular weight excluding hydrogens is 468 g/mol. The summed E-state index contributed by atoms with van der Waals surface area (Å²) in [4.78, 5) is 25.0. The number of sulfonamides is 1. The minimum absolute atomic E-state index is 0.0669. The van der Waals surface area contributed by atoms with E-state index in [1.807, 2.05) is 37.3 Å². The summed E-state index contributed by atoms with van der Waals surface area (Å²) in [7, 11) is -2.56. The van der Waals surface area contributed by atoms with Gasteiger partial charge in [-0.25, -0.2) is 13.2 Å². The molecule has 1 aliphatic heterocycles. The van der Waals surface area contributed by atoms with Crippen LogP contribution in [0, 0.1) is 0 Å². The predicted octanol–water partition coefficient (Wildman–Crippen LogP) is 3.80. The summed E-state index contributed by atoms with van der Waals surface area (Å²) in [6.07, 6.45) is 1.43. The van der Waals surface area contributed by atoms with Gasteiger partial charge >= 0.3 is 5.97 Å². The Labute approximate surface area is 204 Å². The number of fused-ring (bicyclic) bond motifs is 1. The van der Waals surface area contributed by atoms with Crippen LogP contribution in [-0.4, -0.2) is 40.6 Å². The highest BCUT2D eigenvalue weighted by atomic mass is 32.2. The topological polar surface area (TPSA) is 102 Å². The first-order chi connectivity index (χ1) is 16.8. The number of methoxy groups -OCH3 is 1. The third-order valence-corrected chi connectivity index (χ3v) is 7.59. The maximum absolute atomic E-state index is 13.4. The number of nitrogens with one attached hydrogen (secondary N) is 1. The lowest BCUT2D eigenvalue weighted by Crippen LogP contribution is -2.29. The molecule has 0 spiro atoms. The molecule has 0 aromatic heterocycles. The van der Waals surface area contributed by atoms with Gasteiger partial charge in [0, 0.05) is 12.2 Å². The Bertz CT molecular complexity index is 1370. The summed E-state index contributed by atoms with van der Waals surface area (Å²) in [6.45, 7) is 1.79. The predicted molar refractivity (Wildman–Crippen MR) is 132 cm³/mol. The van der Waals surface area contributed by atoms with E-state index in [-0.39, 0.29) is 16.2 Å². The normalized spacial score (nSPS) is 12.7. The third kappa shape index (κ3) is 5.14. The molecule has 1 amide bonds. The van der Waals surface area contributed by atoms with Crippen molar-refractivity contribution in [3.63, 3.8) is 0 Å². The summed E-state index contributed by atoms with van der Waals surface area (Å²) in [5.41, 5.74) is 3.14. The van der Waals surface area contributed by atoms with E-state index in [0.29, 0.717) is 24.3 Å². The lowest BCUT2D eigenvalue weighted by atomic mass is 10.1. The van der Waals surface area contributed by atoms with Gasteiger partial charge in [0.05, 0.1) is 17.7 Å². The lowest BCUT2D eigenvalue weighted by molar-refractivity contribution is -0.119. The number of ether oxygens (including phenoxy) is 2. The average molecular weight is 495 g/mol. The van der Waals surface area contributed by atoms with E-state index in [2.05, 4.69) is 5.32 Å². The van der Waals surface area contributed by atoms with Crippen LogP contribution in [0.15, 0.2) is 71.6 Å². The second-order valence-corrected chi connectivity index (χ2v) is 9.86. The zero-order valence-electron chi connectivity index (χ0n) is 19.5. The minimum Gasteiger partial charge on any atom is -0.496 e. The molecule has 0 saturated carbocycles. The summed E-state index contributed by atoms with van der Waals surface area (Å²) < 4.78 is 38.5. The van der Waals surface area contributed by atoms with Crippen LogP contribution in [0.1, 0.15) is 28.4 Å². The number of esters is 1. The van der Waals surface area contributed by atoms with Crippen LogP contribution in [0.5, 0.6) is 5.75 Å². The number of para-hydroxylation sites is 1. The van der Waals surface area contributed by atoms with Gasteiger partial charge in [0.2, 0.25) is 0 Å². The van der Waals surface area contributed by atoms with Gasteiger partial charge in [-0.15, -0.1) is 0 Å². The van der Waals surface area contributed by atoms with Gasteiger partial charge in [-0.3, -0.25) is 9.10 Å². The van der Waals surface area contributed by atoms with Gasteiger partial charge in [0.1, 0.15) is 11.3 Å². The zero-order valence-corrected chi connectivity index (χ0v) is 20.3. The molecule has 8 nitrogen and oxygen atoms in total. The van der Waals surface area contributed by atoms with E-state index in [9.17, 15) is 18.0 Å². The molecule has 0 unspecified atom stereocenters. The number of amides is 1.